The molecule has 0 radical (unpaired) electrons. The van der Waals surface area contributed by atoms with E-state index in [2.05, 4.69) is 56.0 Å². The Hall–Kier alpha value is -3.06. The number of rotatable bonds is 8. The zero-order valence-corrected chi connectivity index (χ0v) is 17.5. The van der Waals surface area contributed by atoms with Gasteiger partial charge in [0.25, 0.3) is 0 Å². The summed E-state index contributed by atoms with van der Waals surface area (Å²) in [7, 11) is 1.81. The van der Waals surface area contributed by atoms with E-state index in [9.17, 15) is 0 Å². The van der Waals surface area contributed by atoms with Gasteiger partial charge < -0.3 is 15.1 Å². The molecule has 3 heterocycles. The summed E-state index contributed by atoms with van der Waals surface area (Å²) in [6.45, 7) is 3.82. The Bertz CT molecular complexity index is 896. The normalized spacial score (nSPS) is 16.0. The molecule has 2 aromatic heterocycles. The van der Waals surface area contributed by atoms with E-state index in [0.717, 1.165) is 50.0 Å². The second-order valence-corrected chi connectivity index (χ2v) is 7.52. The molecule has 1 aliphatic rings. The van der Waals surface area contributed by atoms with Crippen LogP contribution in [-0.2, 0) is 6.42 Å². The van der Waals surface area contributed by atoms with E-state index in [-0.39, 0.29) is 6.04 Å². The summed E-state index contributed by atoms with van der Waals surface area (Å²) >= 11 is 0. The number of furan rings is 1. The molecule has 1 atom stereocenters. The molecular formula is C23H30N6O. The summed E-state index contributed by atoms with van der Waals surface area (Å²) in [5, 5.41) is 11.2. The zero-order valence-electron chi connectivity index (χ0n) is 17.5. The second-order valence-electron chi connectivity index (χ2n) is 7.52. The standard InChI is InChI=1S/C23H30N6O/c1-24-23(26-18-21(22-6-4-17-30-22)28-14-2-3-15-28)25-13-11-19-7-9-20(10-8-19)29-16-5-12-27-29/h4-10,12,16-17,21H,2-3,11,13-15,18H2,1H3,(H2,24,25,26). The Labute approximate surface area is 177 Å². The molecule has 30 heavy (non-hydrogen) atoms. The van der Waals surface area contributed by atoms with Crippen LogP contribution >= 0.6 is 0 Å². The first kappa shape index (κ1) is 20.2. The average Bonchev–Trinajstić information content (AvgIpc) is 3.57. The van der Waals surface area contributed by atoms with Crippen LogP contribution in [0.25, 0.3) is 5.69 Å². The molecule has 0 saturated carbocycles. The quantitative estimate of drug-likeness (QED) is 0.445. The van der Waals surface area contributed by atoms with E-state index in [1.54, 1.807) is 12.5 Å². The third kappa shape index (κ3) is 5.10. The molecule has 1 fully saturated rings. The van der Waals surface area contributed by atoms with E-state index in [4.69, 9.17) is 4.42 Å². The minimum absolute atomic E-state index is 0.232. The van der Waals surface area contributed by atoms with Gasteiger partial charge in [-0.3, -0.25) is 9.89 Å². The Kier molecular flexibility index (Phi) is 6.82. The molecule has 7 heteroatoms. The summed E-state index contributed by atoms with van der Waals surface area (Å²) in [6, 6.07) is 14.7. The topological polar surface area (TPSA) is 70.6 Å². The highest BCUT2D eigenvalue weighted by Gasteiger charge is 2.25. The smallest absolute Gasteiger partial charge is 0.191 e. The maximum Gasteiger partial charge on any atom is 0.191 e. The molecule has 158 valence electrons. The Balaban J connectivity index is 1.26. The molecule has 1 aromatic carbocycles. The fourth-order valence-corrected chi connectivity index (χ4v) is 3.92. The number of nitrogens with one attached hydrogen (secondary N) is 2. The third-order valence-corrected chi connectivity index (χ3v) is 5.55. The van der Waals surface area contributed by atoms with Crippen LogP contribution in [-0.4, -0.2) is 53.9 Å². The van der Waals surface area contributed by atoms with Crippen LogP contribution in [0.2, 0.25) is 0 Å². The first-order valence-corrected chi connectivity index (χ1v) is 10.6. The lowest BCUT2D eigenvalue weighted by Crippen LogP contribution is -2.43. The molecule has 1 aliphatic heterocycles. The molecule has 0 bridgehead atoms. The van der Waals surface area contributed by atoms with Crippen molar-refractivity contribution in [1.29, 1.82) is 0 Å². The van der Waals surface area contributed by atoms with Gasteiger partial charge in [-0.1, -0.05) is 12.1 Å². The van der Waals surface area contributed by atoms with Crippen molar-refractivity contribution >= 4 is 5.96 Å². The van der Waals surface area contributed by atoms with Gasteiger partial charge in [-0.05, 0) is 68.2 Å². The van der Waals surface area contributed by atoms with Crippen LogP contribution in [0, 0.1) is 0 Å². The number of hydrogen-bond donors (Lipinski definition) is 2. The predicted molar refractivity (Wildman–Crippen MR) is 119 cm³/mol. The van der Waals surface area contributed by atoms with Crippen molar-refractivity contribution < 1.29 is 4.42 Å². The van der Waals surface area contributed by atoms with Crippen molar-refractivity contribution in [2.24, 2.45) is 4.99 Å². The number of likely N-dealkylation sites (tertiary alicyclic amines) is 1. The van der Waals surface area contributed by atoms with Crippen molar-refractivity contribution in [3.8, 4) is 5.69 Å². The van der Waals surface area contributed by atoms with Crippen LogP contribution in [0.1, 0.15) is 30.2 Å². The van der Waals surface area contributed by atoms with Crippen molar-refractivity contribution in [1.82, 2.24) is 25.3 Å². The number of hydrogen-bond acceptors (Lipinski definition) is 4. The molecule has 0 spiro atoms. The highest BCUT2D eigenvalue weighted by Crippen LogP contribution is 2.24. The number of nitrogens with zero attached hydrogens (tertiary/aromatic N) is 4. The first-order chi connectivity index (χ1) is 14.8. The van der Waals surface area contributed by atoms with E-state index in [1.807, 2.05) is 30.1 Å². The van der Waals surface area contributed by atoms with E-state index >= 15 is 0 Å². The van der Waals surface area contributed by atoms with Gasteiger partial charge in [0.2, 0.25) is 0 Å². The molecule has 2 N–H and O–H groups in total. The molecule has 0 aliphatic carbocycles. The number of aliphatic imine (C=N–C) groups is 1. The van der Waals surface area contributed by atoms with Gasteiger partial charge in [0.1, 0.15) is 5.76 Å². The summed E-state index contributed by atoms with van der Waals surface area (Å²) in [5.74, 6) is 1.83. The summed E-state index contributed by atoms with van der Waals surface area (Å²) < 4.78 is 7.57. The van der Waals surface area contributed by atoms with Crippen molar-refractivity contribution in [3.63, 3.8) is 0 Å². The molecule has 1 unspecified atom stereocenters. The minimum Gasteiger partial charge on any atom is -0.468 e. The Morgan fingerprint density at radius 1 is 1.13 bits per heavy atom. The number of benzene rings is 1. The van der Waals surface area contributed by atoms with Gasteiger partial charge in [-0.15, -0.1) is 0 Å². The van der Waals surface area contributed by atoms with Crippen molar-refractivity contribution in [3.05, 3.63) is 72.4 Å². The molecule has 0 amide bonds. The van der Waals surface area contributed by atoms with Crippen molar-refractivity contribution in [2.45, 2.75) is 25.3 Å². The summed E-state index contributed by atoms with van der Waals surface area (Å²) in [5.41, 5.74) is 2.35. The predicted octanol–water partition coefficient (Wildman–Crippen LogP) is 3.01. The van der Waals surface area contributed by atoms with E-state index in [0.29, 0.717) is 0 Å². The van der Waals surface area contributed by atoms with Crippen LogP contribution in [0.5, 0.6) is 0 Å². The Morgan fingerprint density at radius 3 is 2.63 bits per heavy atom. The SMILES string of the molecule is CN=C(NCCc1ccc(-n2cccn2)cc1)NCC(c1ccco1)N1CCCC1. The third-order valence-electron chi connectivity index (χ3n) is 5.55. The van der Waals surface area contributed by atoms with Gasteiger partial charge in [-0.2, -0.15) is 5.10 Å². The van der Waals surface area contributed by atoms with E-state index < -0.39 is 0 Å². The Morgan fingerprint density at radius 2 is 1.97 bits per heavy atom. The fraction of sp³-hybridized carbons (Fsp3) is 0.391. The van der Waals surface area contributed by atoms with Crippen LogP contribution in [0.15, 0.2) is 70.5 Å². The zero-order chi connectivity index (χ0) is 20.6. The maximum atomic E-state index is 5.70. The number of aromatic nitrogens is 2. The van der Waals surface area contributed by atoms with Crippen LogP contribution in [0.4, 0.5) is 0 Å². The largest absolute Gasteiger partial charge is 0.468 e. The molecule has 3 aromatic rings. The number of guanidine groups is 1. The lowest BCUT2D eigenvalue weighted by molar-refractivity contribution is 0.215. The highest BCUT2D eigenvalue weighted by molar-refractivity contribution is 5.79. The van der Waals surface area contributed by atoms with E-state index in [1.165, 1.54) is 18.4 Å². The van der Waals surface area contributed by atoms with Gasteiger partial charge in [0.05, 0.1) is 18.0 Å². The maximum absolute atomic E-state index is 5.70. The highest BCUT2D eigenvalue weighted by atomic mass is 16.3. The minimum atomic E-state index is 0.232. The second kappa shape index (κ2) is 10.1. The summed E-state index contributed by atoms with van der Waals surface area (Å²) in [4.78, 5) is 6.87. The monoisotopic (exact) mass is 406 g/mol. The van der Waals surface area contributed by atoms with Crippen molar-refractivity contribution in [2.75, 3.05) is 33.2 Å². The lowest BCUT2D eigenvalue weighted by atomic mass is 10.1. The first-order valence-electron chi connectivity index (χ1n) is 10.6. The van der Waals surface area contributed by atoms with Gasteiger partial charge in [-0.25, -0.2) is 4.68 Å². The van der Waals surface area contributed by atoms with Crippen LogP contribution < -0.4 is 10.6 Å². The molecule has 1 saturated heterocycles. The average molecular weight is 407 g/mol. The van der Waals surface area contributed by atoms with Gasteiger partial charge >= 0.3 is 0 Å². The molecule has 4 rings (SSSR count). The van der Waals surface area contributed by atoms with Crippen LogP contribution in [0.3, 0.4) is 0 Å². The summed E-state index contributed by atoms with van der Waals surface area (Å²) in [6.07, 6.45) is 8.92. The van der Waals surface area contributed by atoms with Gasteiger partial charge in [0.15, 0.2) is 5.96 Å². The van der Waals surface area contributed by atoms with Gasteiger partial charge in [0, 0.05) is 32.5 Å². The molecular weight excluding hydrogens is 376 g/mol. The fourth-order valence-electron chi connectivity index (χ4n) is 3.92. The molecule has 7 nitrogen and oxygen atoms in total. The lowest BCUT2D eigenvalue weighted by Gasteiger charge is -2.26.